The van der Waals surface area contributed by atoms with Crippen molar-refractivity contribution in [2.24, 2.45) is 11.7 Å². The molecule has 0 spiro atoms. The second-order valence-corrected chi connectivity index (χ2v) is 17.7. The predicted molar refractivity (Wildman–Crippen MR) is 243 cm³/mol. The second kappa shape index (κ2) is 26.5. The molecule has 1 aromatic carbocycles. The highest BCUT2D eigenvalue weighted by Crippen LogP contribution is 2.20. The van der Waals surface area contributed by atoms with E-state index in [1.165, 1.54) is 30.4 Å². The number of nitrogens with one attached hydrogen (secondary N) is 10. The molecule has 6 amide bonds. The molecule has 7 atom stereocenters. The number of thioether (sulfide) groups is 2. The highest BCUT2D eigenvalue weighted by Gasteiger charge is 2.34. The van der Waals surface area contributed by atoms with Crippen LogP contribution in [0.5, 0.6) is 0 Å². The van der Waals surface area contributed by atoms with E-state index in [-0.39, 0.29) is 56.4 Å². The molecule has 2 aromatic rings. The Kier molecular flexibility index (Phi) is 21.9. The quantitative estimate of drug-likeness (QED) is 0.0327. The van der Waals surface area contributed by atoms with Gasteiger partial charge in [0, 0.05) is 30.1 Å². The van der Waals surface area contributed by atoms with E-state index >= 15 is 0 Å². The highest BCUT2D eigenvalue weighted by atomic mass is 32.2. The number of carbonyl (C=O) groups excluding carboxylic acids is 6. The number of carbonyl (C=O) groups is 7. The van der Waals surface area contributed by atoms with Crippen LogP contribution in [0.2, 0.25) is 0 Å². The maximum absolute atomic E-state index is 14.3. The molecule has 0 saturated carbocycles. The lowest BCUT2D eigenvalue weighted by Crippen LogP contribution is -2.60. The number of nitrogens with two attached hydrogens (primary N) is 1. The molecule has 0 radical (unpaired) electrons. The van der Waals surface area contributed by atoms with Crippen molar-refractivity contribution in [3.05, 3.63) is 36.0 Å². The van der Waals surface area contributed by atoms with Crippen molar-refractivity contribution in [3.63, 3.8) is 0 Å². The molecule has 3 rings (SSSR count). The van der Waals surface area contributed by atoms with Gasteiger partial charge in [0.05, 0.1) is 6.04 Å². The molecule has 1 aliphatic rings. The van der Waals surface area contributed by atoms with Gasteiger partial charge in [-0.25, -0.2) is 4.79 Å². The fourth-order valence-corrected chi connectivity index (χ4v) is 7.84. The van der Waals surface area contributed by atoms with E-state index in [4.69, 9.17) is 11.1 Å². The predicted octanol–water partition coefficient (Wildman–Crippen LogP) is 0.291. The van der Waals surface area contributed by atoms with E-state index in [0.29, 0.717) is 36.5 Å². The smallest absolute Gasteiger partial charge is 0.326 e. The number of benzene rings is 1. The van der Waals surface area contributed by atoms with Crippen LogP contribution in [0.4, 0.5) is 0 Å². The zero-order valence-corrected chi connectivity index (χ0v) is 37.8. The Labute approximate surface area is 371 Å². The Morgan fingerprint density at radius 3 is 1.98 bits per heavy atom. The first-order valence-corrected chi connectivity index (χ1v) is 23.7. The summed E-state index contributed by atoms with van der Waals surface area (Å²) in [7, 11) is 0. The van der Waals surface area contributed by atoms with Gasteiger partial charge in [-0.1, -0.05) is 32.0 Å². The van der Waals surface area contributed by atoms with Gasteiger partial charge >= 0.3 is 5.97 Å². The lowest BCUT2D eigenvalue weighted by Gasteiger charge is -2.27. The van der Waals surface area contributed by atoms with Crippen LogP contribution in [0.3, 0.4) is 0 Å². The number of aromatic nitrogens is 1. The third-order valence-electron chi connectivity index (χ3n) is 10.3. The van der Waals surface area contributed by atoms with Crippen molar-refractivity contribution < 1.29 is 38.7 Å². The van der Waals surface area contributed by atoms with Crippen molar-refractivity contribution >= 4 is 81.8 Å². The third-order valence-corrected chi connectivity index (χ3v) is 11.6. The number of carboxylic acid groups (broad SMARTS) is 1. The lowest BCUT2D eigenvalue weighted by atomic mass is 10.00. The number of H-pyrrole nitrogens is 1. The van der Waals surface area contributed by atoms with Gasteiger partial charge in [-0.3, -0.25) is 34.2 Å². The van der Waals surface area contributed by atoms with Gasteiger partial charge in [0.1, 0.15) is 36.3 Å². The minimum absolute atomic E-state index is 0.00626. The van der Waals surface area contributed by atoms with Gasteiger partial charge in [-0.05, 0) is 100.0 Å². The SMILES string of the molecule is CSCCC(NC(=O)C1CCCN1)C(=O)NC(C)C(=O)NC(CC(C)C)C(=O)NC(Cc1c[nH]c2ccccc12)C(=O)NC(CCSC)C(=O)NC(CCCNC(=N)N)C(=O)O. The van der Waals surface area contributed by atoms with Crippen LogP contribution in [0.1, 0.15) is 71.3 Å². The summed E-state index contributed by atoms with van der Waals surface area (Å²) in [5, 5.41) is 40.0. The molecule has 62 heavy (non-hydrogen) atoms. The zero-order chi connectivity index (χ0) is 45.8. The maximum Gasteiger partial charge on any atom is 0.326 e. The molecule has 1 saturated heterocycles. The molecule has 21 heteroatoms. The number of para-hydroxylation sites is 1. The van der Waals surface area contributed by atoms with Crippen molar-refractivity contribution in [1.82, 2.24) is 47.5 Å². The molecule has 1 fully saturated rings. The largest absolute Gasteiger partial charge is 0.480 e. The number of fused-ring (bicyclic) bond motifs is 1. The zero-order valence-electron chi connectivity index (χ0n) is 36.2. The number of amides is 6. The van der Waals surface area contributed by atoms with Crippen LogP contribution >= 0.6 is 23.5 Å². The van der Waals surface area contributed by atoms with Gasteiger partial charge in [-0.2, -0.15) is 23.5 Å². The van der Waals surface area contributed by atoms with Crippen LogP contribution in [-0.2, 0) is 40.0 Å². The topological polar surface area (TPSA) is 302 Å². The van der Waals surface area contributed by atoms with Crippen molar-refractivity contribution in [1.29, 1.82) is 5.41 Å². The molecule has 344 valence electrons. The van der Waals surface area contributed by atoms with Crippen LogP contribution < -0.4 is 48.3 Å². The van der Waals surface area contributed by atoms with Gasteiger partial charge < -0.3 is 58.4 Å². The average molecular weight is 904 g/mol. The minimum Gasteiger partial charge on any atom is -0.480 e. The standard InChI is InChI=1S/C41H65N11O8S2/c1-23(2)20-32(51-34(53)24(3)47-36(55)29(14-18-61-4)48-35(54)28-12-8-16-44-28)38(57)52-33(21-25-22-46-27-11-7-6-10-26(25)27)39(58)49-30(15-19-62-5)37(56)50-31(40(59)60)13-9-17-45-41(42)43/h6-7,10-11,22-24,28-33,44,46H,8-9,12-21H2,1-5H3,(H,47,55)(H,48,54)(H,49,58)(H,50,56)(H,51,53)(H,52,57)(H,59,60)(H4,42,43,45). The van der Waals surface area contributed by atoms with Gasteiger partial charge in [0.2, 0.25) is 35.4 Å². The first-order valence-electron chi connectivity index (χ1n) is 20.9. The molecule has 13 N–H and O–H groups in total. The van der Waals surface area contributed by atoms with E-state index in [2.05, 4.69) is 47.5 Å². The van der Waals surface area contributed by atoms with Gasteiger partial charge in [0.25, 0.3) is 0 Å². The summed E-state index contributed by atoms with van der Waals surface area (Å²) in [6.45, 7) is 6.15. The summed E-state index contributed by atoms with van der Waals surface area (Å²) in [6.07, 6.45) is 7.94. The Balaban J connectivity index is 1.82. The minimum atomic E-state index is -1.28. The fraction of sp³-hybridized carbons (Fsp3) is 0.610. The van der Waals surface area contributed by atoms with Gasteiger partial charge in [0.15, 0.2) is 5.96 Å². The van der Waals surface area contributed by atoms with E-state index in [1.54, 1.807) is 6.20 Å². The Hall–Kier alpha value is -5.02. The molecule has 0 bridgehead atoms. The van der Waals surface area contributed by atoms with Crippen LogP contribution in [0.15, 0.2) is 30.5 Å². The second-order valence-electron chi connectivity index (χ2n) is 15.8. The van der Waals surface area contributed by atoms with Crippen molar-refractivity contribution in [2.75, 3.05) is 37.1 Å². The fourth-order valence-electron chi connectivity index (χ4n) is 6.90. The molecule has 1 aromatic heterocycles. The number of guanidine groups is 1. The lowest BCUT2D eigenvalue weighted by molar-refractivity contribution is -0.142. The van der Waals surface area contributed by atoms with E-state index < -0.39 is 77.8 Å². The summed E-state index contributed by atoms with van der Waals surface area (Å²) in [5.74, 6) is -4.16. The number of aromatic amines is 1. The average Bonchev–Trinajstić information content (AvgIpc) is 3.92. The van der Waals surface area contributed by atoms with Gasteiger partial charge in [-0.15, -0.1) is 0 Å². The van der Waals surface area contributed by atoms with Crippen molar-refractivity contribution in [2.45, 2.75) is 114 Å². The molecule has 0 aliphatic carbocycles. The molecule has 7 unspecified atom stereocenters. The third kappa shape index (κ3) is 17.0. The van der Waals surface area contributed by atoms with E-state index in [9.17, 15) is 38.7 Å². The van der Waals surface area contributed by atoms with Crippen molar-refractivity contribution in [3.8, 4) is 0 Å². The number of carboxylic acids is 1. The molecule has 19 nitrogen and oxygen atoms in total. The van der Waals surface area contributed by atoms with Crippen LogP contribution in [0, 0.1) is 11.3 Å². The van der Waals surface area contributed by atoms with Crippen LogP contribution in [0.25, 0.3) is 10.9 Å². The Morgan fingerprint density at radius 2 is 1.37 bits per heavy atom. The van der Waals surface area contributed by atoms with E-state index in [0.717, 1.165) is 17.3 Å². The summed E-state index contributed by atoms with van der Waals surface area (Å²) in [4.78, 5) is 97.2. The molecular weight excluding hydrogens is 839 g/mol. The first kappa shape index (κ1) is 51.3. The number of rotatable bonds is 27. The number of hydrogen-bond donors (Lipinski definition) is 12. The normalized spacial score (nSPS) is 16.5. The summed E-state index contributed by atoms with van der Waals surface area (Å²) in [6, 6.07) is 0.228. The monoisotopic (exact) mass is 903 g/mol. The summed E-state index contributed by atoms with van der Waals surface area (Å²) < 4.78 is 0. The van der Waals surface area contributed by atoms with Crippen LogP contribution in [-0.4, -0.2) is 137 Å². The maximum atomic E-state index is 14.3. The molecular formula is C41H65N11O8S2. The summed E-state index contributed by atoms with van der Waals surface area (Å²) in [5.41, 5.74) is 6.81. The highest BCUT2D eigenvalue weighted by molar-refractivity contribution is 7.98. The Bertz CT molecular complexity index is 1840. The summed E-state index contributed by atoms with van der Waals surface area (Å²) >= 11 is 2.94. The molecule has 2 heterocycles. The van der Waals surface area contributed by atoms with E-state index in [1.807, 2.05) is 50.6 Å². The first-order chi connectivity index (χ1) is 29.5. The number of aliphatic carboxylic acids is 1. The Morgan fingerprint density at radius 1 is 0.790 bits per heavy atom. The number of hydrogen-bond acceptors (Lipinski definition) is 11. The molecule has 1 aliphatic heterocycles.